The zero-order chi connectivity index (χ0) is 21.6. The number of H-pyrrole nitrogens is 1. The maximum atomic E-state index is 13.0. The average molecular weight is 418 g/mol. The van der Waals surface area contributed by atoms with Gasteiger partial charge in [0.05, 0.1) is 23.9 Å². The van der Waals surface area contributed by atoms with Crippen LogP contribution in [0.4, 0.5) is 0 Å². The van der Waals surface area contributed by atoms with Crippen molar-refractivity contribution in [1.29, 1.82) is 0 Å². The Kier molecular flexibility index (Phi) is 6.40. The molecule has 0 radical (unpaired) electrons. The molecule has 3 heterocycles. The minimum Gasteiger partial charge on any atom is -0.342 e. The zero-order valence-corrected chi connectivity index (χ0v) is 17.7. The molecule has 1 N–H and O–H groups in total. The first-order valence-electron chi connectivity index (χ1n) is 10.6. The van der Waals surface area contributed by atoms with Crippen LogP contribution >= 0.6 is 0 Å². The van der Waals surface area contributed by atoms with Crippen LogP contribution in [0, 0.1) is 5.92 Å². The van der Waals surface area contributed by atoms with Gasteiger partial charge in [0, 0.05) is 50.4 Å². The SMILES string of the molecule is CN(Cc1cc(-c2ccccc2)n[nH]1)C(=O)C1CCC(=O)N(CCc2ccccn2)C1. The number of rotatable bonds is 7. The summed E-state index contributed by atoms with van der Waals surface area (Å²) in [6.45, 7) is 1.51. The molecule has 1 aliphatic rings. The molecular formula is C24H27N5O2. The molecule has 0 saturated carbocycles. The lowest BCUT2D eigenvalue weighted by Crippen LogP contribution is -2.46. The number of piperidine rings is 1. The Morgan fingerprint density at radius 2 is 2.00 bits per heavy atom. The number of aromatic nitrogens is 3. The molecule has 1 atom stereocenters. The summed E-state index contributed by atoms with van der Waals surface area (Å²) in [6, 6.07) is 17.7. The Morgan fingerprint density at radius 3 is 2.77 bits per heavy atom. The molecule has 7 nitrogen and oxygen atoms in total. The molecular weight excluding hydrogens is 390 g/mol. The molecule has 1 saturated heterocycles. The van der Waals surface area contributed by atoms with Crippen molar-refractivity contribution in [2.45, 2.75) is 25.8 Å². The number of likely N-dealkylation sites (tertiary alicyclic amines) is 1. The lowest BCUT2D eigenvalue weighted by molar-refractivity contribution is -0.142. The Morgan fingerprint density at radius 1 is 1.19 bits per heavy atom. The Bertz CT molecular complexity index is 1020. The summed E-state index contributed by atoms with van der Waals surface area (Å²) in [6.07, 6.45) is 3.46. The number of hydrogen-bond acceptors (Lipinski definition) is 4. The van der Waals surface area contributed by atoms with E-state index < -0.39 is 0 Å². The zero-order valence-electron chi connectivity index (χ0n) is 17.7. The van der Waals surface area contributed by atoms with E-state index in [0.29, 0.717) is 38.9 Å². The first-order valence-corrected chi connectivity index (χ1v) is 10.6. The van der Waals surface area contributed by atoms with Gasteiger partial charge in [-0.1, -0.05) is 36.4 Å². The van der Waals surface area contributed by atoms with Gasteiger partial charge in [0.1, 0.15) is 0 Å². The summed E-state index contributed by atoms with van der Waals surface area (Å²) in [5, 5.41) is 7.40. The van der Waals surface area contributed by atoms with Crippen molar-refractivity contribution in [2.75, 3.05) is 20.1 Å². The summed E-state index contributed by atoms with van der Waals surface area (Å²) in [7, 11) is 1.81. The summed E-state index contributed by atoms with van der Waals surface area (Å²) >= 11 is 0. The highest BCUT2D eigenvalue weighted by molar-refractivity contribution is 5.83. The predicted molar refractivity (Wildman–Crippen MR) is 118 cm³/mol. The number of carbonyl (C=O) groups excluding carboxylic acids is 2. The fourth-order valence-corrected chi connectivity index (χ4v) is 3.97. The van der Waals surface area contributed by atoms with E-state index in [1.54, 1.807) is 23.0 Å². The van der Waals surface area contributed by atoms with E-state index in [1.807, 2.05) is 54.6 Å². The van der Waals surface area contributed by atoms with Crippen molar-refractivity contribution in [3.63, 3.8) is 0 Å². The summed E-state index contributed by atoms with van der Waals surface area (Å²) < 4.78 is 0. The van der Waals surface area contributed by atoms with Gasteiger partial charge < -0.3 is 9.80 Å². The molecule has 3 aromatic rings. The fraction of sp³-hybridized carbons (Fsp3) is 0.333. The van der Waals surface area contributed by atoms with E-state index in [2.05, 4.69) is 15.2 Å². The van der Waals surface area contributed by atoms with Gasteiger partial charge in [-0.3, -0.25) is 19.7 Å². The molecule has 0 bridgehead atoms. The summed E-state index contributed by atoms with van der Waals surface area (Å²) in [5.41, 5.74) is 3.73. The molecule has 0 spiro atoms. The number of hydrogen-bond donors (Lipinski definition) is 1. The van der Waals surface area contributed by atoms with Crippen LogP contribution in [-0.4, -0.2) is 56.9 Å². The largest absolute Gasteiger partial charge is 0.342 e. The van der Waals surface area contributed by atoms with Crippen molar-refractivity contribution in [2.24, 2.45) is 5.92 Å². The molecule has 2 aromatic heterocycles. The number of benzene rings is 1. The first kappa shape index (κ1) is 20.8. The third-order valence-electron chi connectivity index (χ3n) is 5.70. The fourth-order valence-electron chi connectivity index (χ4n) is 3.97. The molecule has 0 aliphatic carbocycles. The molecule has 1 aromatic carbocycles. The first-order chi connectivity index (χ1) is 15.1. The van der Waals surface area contributed by atoms with Crippen LogP contribution in [0.5, 0.6) is 0 Å². The standard InChI is InChI=1S/C24H27N5O2/c1-28(17-21-15-22(27-26-21)18-7-3-2-4-8-18)24(31)19-10-11-23(30)29(16-19)14-12-20-9-5-6-13-25-20/h2-9,13,15,19H,10-12,14,16-17H2,1H3,(H,26,27). The lowest BCUT2D eigenvalue weighted by atomic mass is 9.95. The Hall–Kier alpha value is -3.48. The number of pyridine rings is 1. The van der Waals surface area contributed by atoms with Crippen molar-refractivity contribution in [1.82, 2.24) is 25.0 Å². The average Bonchev–Trinajstić information content (AvgIpc) is 3.28. The van der Waals surface area contributed by atoms with Crippen LogP contribution in [-0.2, 0) is 22.6 Å². The van der Waals surface area contributed by atoms with Crippen LogP contribution < -0.4 is 0 Å². The third-order valence-corrected chi connectivity index (χ3v) is 5.70. The summed E-state index contributed by atoms with van der Waals surface area (Å²) in [5.74, 6) is -0.00199. The van der Waals surface area contributed by atoms with E-state index in [-0.39, 0.29) is 17.7 Å². The second-order valence-corrected chi connectivity index (χ2v) is 7.99. The molecule has 1 fully saturated rings. The van der Waals surface area contributed by atoms with E-state index in [1.165, 1.54) is 0 Å². The van der Waals surface area contributed by atoms with E-state index >= 15 is 0 Å². The number of carbonyl (C=O) groups is 2. The molecule has 7 heteroatoms. The molecule has 1 aliphatic heterocycles. The Labute approximate surface area is 182 Å². The van der Waals surface area contributed by atoms with Crippen LogP contribution in [0.3, 0.4) is 0 Å². The van der Waals surface area contributed by atoms with Gasteiger partial charge in [-0.25, -0.2) is 0 Å². The molecule has 2 amide bonds. The number of nitrogens with zero attached hydrogens (tertiary/aromatic N) is 4. The molecule has 31 heavy (non-hydrogen) atoms. The van der Waals surface area contributed by atoms with Crippen molar-refractivity contribution < 1.29 is 9.59 Å². The van der Waals surface area contributed by atoms with Gasteiger partial charge in [0.15, 0.2) is 0 Å². The summed E-state index contributed by atoms with van der Waals surface area (Å²) in [4.78, 5) is 33.2. The van der Waals surface area contributed by atoms with Crippen LogP contribution in [0.15, 0.2) is 60.8 Å². The number of nitrogens with one attached hydrogen (secondary N) is 1. The second-order valence-electron chi connectivity index (χ2n) is 7.99. The number of amides is 2. The highest BCUT2D eigenvalue weighted by Crippen LogP contribution is 2.22. The molecule has 160 valence electrons. The van der Waals surface area contributed by atoms with Gasteiger partial charge in [-0.2, -0.15) is 5.10 Å². The molecule has 4 rings (SSSR count). The van der Waals surface area contributed by atoms with Crippen molar-refractivity contribution in [3.05, 3.63) is 72.2 Å². The van der Waals surface area contributed by atoms with Crippen LogP contribution in [0.1, 0.15) is 24.2 Å². The van der Waals surface area contributed by atoms with Crippen LogP contribution in [0.2, 0.25) is 0 Å². The highest BCUT2D eigenvalue weighted by atomic mass is 16.2. The van der Waals surface area contributed by atoms with Crippen molar-refractivity contribution >= 4 is 11.8 Å². The topological polar surface area (TPSA) is 82.2 Å². The van der Waals surface area contributed by atoms with Gasteiger partial charge in [-0.05, 0) is 24.6 Å². The van der Waals surface area contributed by atoms with E-state index in [9.17, 15) is 9.59 Å². The number of aromatic amines is 1. The highest BCUT2D eigenvalue weighted by Gasteiger charge is 2.31. The van der Waals surface area contributed by atoms with Crippen molar-refractivity contribution in [3.8, 4) is 11.3 Å². The van der Waals surface area contributed by atoms with E-state index in [0.717, 1.165) is 22.6 Å². The van der Waals surface area contributed by atoms with Gasteiger partial charge >= 0.3 is 0 Å². The maximum absolute atomic E-state index is 13.0. The Balaban J connectivity index is 1.34. The smallest absolute Gasteiger partial charge is 0.227 e. The normalized spacial score (nSPS) is 16.4. The van der Waals surface area contributed by atoms with E-state index in [4.69, 9.17) is 0 Å². The van der Waals surface area contributed by atoms with Gasteiger partial charge in [0.2, 0.25) is 11.8 Å². The molecule has 1 unspecified atom stereocenters. The van der Waals surface area contributed by atoms with Gasteiger partial charge in [-0.15, -0.1) is 0 Å². The second kappa shape index (κ2) is 9.55. The quantitative estimate of drug-likeness (QED) is 0.641. The predicted octanol–water partition coefficient (Wildman–Crippen LogP) is 2.91. The maximum Gasteiger partial charge on any atom is 0.227 e. The lowest BCUT2D eigenvalue weighted by Gasteiger charge is -2.33. The van der Waals surface area contributed by atoms with Crippen LogP contribution in [0.25, 0.3) is 11.3 Å². The monoisotopic (exact) mass is 417 g/mol. The minimum atomic E-state index is -0.178. The van der Waals surface area contributed by atoms with Gasteiger partial charge in [0.25, 0.3) is 0 Å². The minimum absolute atomic E-state index is 0.0613. The third kappa shape index (κ3) is 5.17.